The Morgan fingerprint density at radius 1 is 0.943 bits per heavy atom. The van der Waals surface area contributed by atoms with E-state index in [4.69, 9.17) is 14.2 Å². The van der Waals surface area contributed by atoms with Gasteiger partial charge >= 0.3 is 5.97 Å². The number of nitrogens with zero attached hydrogens (tertiary/aromatic N) is 1. The number of ketones is 2. The van der Waals surface area contributed by atoms with Gasteiger partial charge in [-0.25, -0.2) is 4.79 Å². The molecule has 5 aliphatic rings. The van der Waals surface area contributed by atoms with Crippen LogP contribution >= 0.6 is 0 Å². The van der Waals surface area contributed by atoms with Crippen molar-refractivity contribution in [2.45, 2.75) is 125 Å². The molecule has 1 spiro atoms. The van der Waals surface area contributed by atoms with Gasteiger partial charge in [-0.1, -0.05) is 60.9 Å². The van der Waals surface area contributed by atoms with E-state index in [9.17, 15) is 24.6 Å². The van der Waals surface area contributed by atoms with Crippen molar-refractivity contribution in [3.05, 3.63) is 74.9 Å². The van der Waals surface area contributed by atoms with Crippen LogP contribution in [-0.4, -0.2) is 75.7 Å². The summed E-state index contributed by atoms with van der Waals surface area (Å²) < 4.78 is 19.5. The van der Waals surface area contributed by atoms with Crippen molar-refractivity contribution < 1.29 is 38.8 Å². The Hall–Kier alpha value is -3.95. The molecule has 0 aromatic heterocycles. The molecule has 2 N–H and O–H groups in total. The zero-order valence-corrected chi connectivity index (χ0v) is 33.4. The van der Waals surface area contributed by atoms with E-state index in [1.807, 2.05) is 46.8 Å². The van der Waals surface area contributed by atoms with Crippen LogP contribution in [0.25, 0.3) is 0 Å². The normalized spacial score (nSPS) is 25.5. The number of likely N-dealkylation sites (N-methyl/N-ethyl adjacent to an activating group) is 1. The van der Waals surface area contributed by atoms with E-state index >= 15 is 0 Å². The maximum Gasteiger partial charge on any atom is 0.333 e. The number of hydrogen-bond donors (Lipinski definition) is 2. The fourth-order valence-electron chi connectivity index (χ4n) is 8.72. The summed E-state index contributed by atoms with van der Waals surface area (Å²) in [7, 11) is 0. The largest absolute Gasteiger partial charge is 0.507 e. The molecule has 1 saturated heterocycles. The average Bonchev–Trinajstić information content (AvgIpc) is 3.25. The lowest BCUT2D eigenvalue weighted by Crippen LogP contribution is -2.72. The Morgan fingerprint density at radius 3 is 2.25 bits per heavy atom. The Morgan fingerprint density at radius 2 is 1.60 bits per heavy atom. The standard InChI is InChI=1S/C44H59NO8/c1-11-45(12-2)22-23-51-41(50)29(8)20-21-43-40(49)30-24-33-38(48)35-37(47)31(19-17-28(7)15-13-14-26(3)4)36(46)32(18-16-27(5)6)39(35)52-44(33,43)34(25-30)42(9,10)53-43/h14,16-17,20,24,30,34,46-47H,11-13,15,18-19,21-23,25H2,1-10H3/b28-17+,29-20-/t30-,34-,43+,44-/m1/s1. The van der Waals surface area contributed by atoms with Gasteiger partial charge in [-0.15, -0.1) is 0 Å². The minimum Gasteiger partial charge on any atom is -0.507 e. The molecule has 4 atom stereocenters. The fraction of sp³-hybridized carbons (Fsp3) is 0.568. The SMILES string of the molecule is CCN(CC)CCOC(=O)/C(C)=C\C[C@@]12OC(C)(C)[C@H]3C[C@@H](C=C4C(=O)c5c(O)c(C/C=C(\C)CCC=C(C)C)c(O)c(CC=C(C)C)c5O[C@]431)C2=O. The van der Waals surface area contributed by atoms with Gasteiger partial charge in [0.25, 0.3) is 0 Å². The zero-order valence-electron chi connectivity index (χ0n) is 33.4. The van der Waals surface area contributed by atoms with Crippen LogP contribution < -0.4 is 4.74 Å². The maximum absolute atomic E-state index is 14.9. The first-order chi connectivity index (χ1) is 24.9. The van der Waals surface area contributed by atoms with E-state index in [2.05, 4.69) is 38.7 Å². The summed E-state index contributed by atoms with van der Waals surface area (Å²) in [5, 5.41) is 23.7. The first-order valence-corrected chi connectivity index (χ1v) is 19.2. The van der Waals surface area contributed by atoms with Crippen molar-refractivity contribution in [3.63, 3.8) is 0 Å². The third-order valence-corrected chi connectivity index (χ3v) is 11.7. The van der Waals surface area contributed by atoms with Gasteiger partial charge in [0.1, 0.15) is 29.4 Å². The van der Waals surface area contributed by atoms with E-state index < -0.39 is 40.4 Å². The van der Waals surface area contributed by atoms with Gasteiger partial charge in [0.2, 0.25) is 0 Å². The Bertz CT molecular complexity index is 1810. The number of carbonyl (C=O) groups excluding carboxylic acids is 3. The van der Waals surface area contributed by atoms with E-state index in [1.54, 1.807) is 19.1 Å². The molecule has 2 fully saturated rings. The zero-order chi connectivity index (χ0) is 39.0. The second-order valence-corrected chi connectivity index (χ2v) is 16.2. The lowest BCUT2D eigenvalue weighted by atomic mass is 9.51. The molecule has 1 saturated carbocycles. The highest BCUT2D eigenvalue weighted by Gasteiger charge is 2.81. The van der Waals surface area contributed by atoms with E-state index in [0.717, 1.165) is 37.1 Å². The summed E-state index contributed by atoms with van der Waals surface area (Å²) in [4.78, 5) is 44.7. The van der Waals surface area contributed by atoms with Gasteiger partial charge in [-0.2, -0.15) is 0 Å². The molecule has 0 radical (unpaired) electrons. The summed E-state index contributed by atoms with van der Waals surface area (Å²) in [6, 6.07) is 0. The monoisotopic (exact) mass is 729 g/mol. The number of carbonyl (C=O) groups is 3. The third kappa shape index (κ3) is 7.07. The molecule has 2 aliphatic heterocycles. The van der Waals surface area contributed by atoms with E-state index in [1.165, 1.54) is 5.57 Å². The highest BCUT2D eigenvalue weighted by atomic mass is 16.6. The molecule has 9 heteroatoms. The predicted molar refractivity (Wildman–Crippen MR) is 206 cm³/mol. The average molecular weight is 730 g/mol. The van der Waals surface area contributed by atoms with Gasteiger partial charge in [-0.05, 0) is 101 Å². The number of esters is 1. The number of aromatic hydroxyl groups is 2. The second-order valence-electron chi connectivity index (χ2n) is 16.2. The van der Waals surface area contributed by atoms with Crippen molar-refractivity contribution in [1.82, 2.24) is 4.90 Å². The summed E-state index contributed by atoms with van der Waals surface area (Å²) in [6.07, 6.45) is 12.1. The summed E-state index contributed by atoms with van der Waals surface area (Å²) in [6.45, 7) is 22.2. The van der Waals surface area contributed by atoms with Gasteiger partial charge in [0.15, 0.2) is 22.8 Å². The molecule has 1 aromatic rings. The number of Topliss-reactive ketones (excluding diaryl/α,β-unsaturated/α-hetero) is 2. The predicted octanol–water partition coefficient (Wildman–Crippen LogP) is 8.07. The topological polar surface area (TPSA) is 123 Å². The number of phenolic OH excluding ortho intramolecular Hbond substituents is 2. The van der Waals surface area contributed by atoms with Crippen molar-refractivity contribution in [1.29, 1.82) is 0 Å². The number of fused-ring (bicyclic) bond motifs is 1. The Labute approximate surface area is 315 Å². The van der Waals surface area contributed by atoms with Crippen LogP contribution in [0.1, 0.15) is 116 Å². The first-order valence-electron chi connectivity index (χ1n) is 19.2. The van der Waals surface area contributed by atoms with E-state index in [-0.39, 0.29) is 65.6 Å². The quantitative estimate of drug-likeness (QED) is 0.105. The van der Waals surface area contributed by atoms with Crippen LogP contribution in [0.5, 0.6) is 17.2 Å². The van der Waals surface area contributed by atoms with Crippen LogP contribution in [0.3, 0.4) is 0 Å². The molecule has 3 aliphatic carbocycles. The van der Waals surface area contributed by atoms with E-state index in [0.29, 0.717) is 24.1 Å². The molecule has 9 nitrogen and oxygen atoms in total. The number of phenols is 2. The molecule has 288 valence electrons. The van der Waals surface area contributed by atoms with Crippen molar-refractivity contribution in [3.8, 4) is 17.2 Å². The molecular formula is C44H59NO8. The lowest BCUT2D eigenvalue weighted by molar-refractivity contribution is -0.171. The van der Waals surface area contributed by atoms with Crippen molar-refractivity contribution in [2.75, 3.05) is 26.2 Å². The Balaban J connectivity index is 1.60. The number of benzene rings is 1. The van der Waals surface area contributed by atoms with Crippen LogP contribution in [0.2, 0.25) is 0 Å². The smallest absolute Gasteiger partial charge is 0.333 e. The number of allylic oxidation sites excluding steroid dienone is 7. The molecule has 0 amide bonds. The number of ether oxygens (including phenoxy) is 3. The van der Waals surface area contributed by atoms with Crippen molar-refractivity contribution in [2.24, 2.45) is 11.8 Å². The van der Waals surface area contributed by atoms with Gasteiger partial charge in [0.05, 0.1) is 5.60 Å². The van der Waals surface area contributed by atoms with Crippen LogP contribution in [0.15, 0.2) is 58.2 Å². The summed E-state index contributed by atoms with van der Waals surface area (Å²) >= 11 is 0. The van der Waals surface area contributed by atoms with Gasteiger partial charge in [-0.3, -0.25) is 9.59 Å². The van der Waals surface area contributed by atoms with Crippen LogP contribution in [0, 0.1) is 11.8 Å². The van der Waals surface area contributed by atoms with Gasteiger partial charge in [0, 0.05) is 47.1 Å². The number of hydrogen-bond acceptors (Lipinski definition) is 9. The minimum absolute atomic E-state index is 0.00159. The second kappa shape index (κ2) is 15.4. The summed E-state index contributed by atoms with van der Waals surface area (Å²) in [5.41, 5.74) is 0.550. The lowest BCUT2D eigenvalue weighted by Gasteiger charge is -2.56. The molecule has 53 heavy (non-hydrogen) atoms. The van der Waals surface area contributed by atoms with Crippen LogP contribution in [0.4, 0.5) is 0 Å². The Kier molecular flexibility index (Phi) is 11.7. The first kappa shape index (κ1) is 40.2. The highest BCUT2D eigenvalue weighted by molar-refractivity contribution is 6.18. The molecule has 4 bridgehead atoms. The number of rotatable bonds is 15. The molecule has 1 aromatic carbocycles. The highest BCUT2D eigenvalue weighted by Crippen LogP contribution is 2.68. The molecule has 6 rings (SSSR count). The summed E-state index contributed by atoms with van der Waals surface area (Å²) in [5.74, 6) is -2.50. The van der Waals surface area contributed by atoms with Gasteiger partial charge < -0.3 is 29.3 Å². The minimum atomic E-state index is -1.63. The van der Waals surface area contributed by atoms with Crippen molar-refractivity contribution >= 4 is 17.5 Å². The molecule has 0 unspecified atom stereocenters. The molecule has 2 heterocycles. The maximum atomic E-state index is 14.9. The third-order valence-electron chi connectivity index (χ3n) is 11.7. The van der Waals surface area contributed by atoms with Crippen LogP contribution in [-0.2, 0) is 31.9 Å². The fourth-order valence-corrected chi connectivity index (χ4v) is 8.72. The molecular weight excluding hydrogens is 670 g/mol.